The summed E-state index contributed by atoms with van der Waals surface area (Å²) in [5.41, 5.74) is 0. The molecule has 0 bridgehead atoms. The molecule has 1 aliphatic rings. The molecule has 0 aliphatic carbocycles. The smallest absolute Gasteiger partial charge is 0.321 e. The molecule has 6 nitrogen and oxygen atoms in total. The molecular formula is C13H19ClN4O2S. The van der Waals surface area contributed by atoms with Crippen LogP contribution in [0.5, 0.6) is 0 Å². The van der Waals surface area contributed by atoms with Crippen molar-refractivity contribution in [1.82, 2.24) is 20.4 Å². The Morgan fingerprint density at radius 2 is 1.90 bits per heavy atom. The average molecular weight is 331 g/mol. The molecule has 3 amide bonds. The highest BCUT2D eigenvalue weighted by Crippen LogP contribution is 2.23. The normalized spacial score (nSPS) is 16.7. The number of nitrogens with zero attached hydrogens (tertiary/aromatic N) is 2. The Morgan fingerprint density at radius 3 is 2.48 bits per heavy atom. The van der Waals surface area contributed by atoms with Gasteiger partial charge < -0.3 is 5.32 Å². The molecular weight excluding hydrogens is 312 g/mol. The van der Waals surface area contributed by atoms with E-state index in [0.717, 1.165) is 37.1 Å². The first-order valence-electron chi connectivity index (χ1n) is 6.77. The van der Waals surface area contributed by atoms with E-state index in [2.05, 4.69) is 26.5 Å². The van der Waals surface area contributed by atoms with Gasteiger partial charge in [0.05, 0.1) is 10.9 Å². The Balaban J connectivity index is 1.70. The summed E-state index contributed by atoms with van der Waals surface area (Å²) in [6.07, 6.45) is 0. The molecule has 1 aromatic rings. The molecule has 0 atom stereocenters. The number of carbonyl (C=O) groups excluding carboxylic acids is 2. The average Bonchev–Trinajstić information content (AvgIpc) is 2.86. The van der Waals surface area contributed by atoms with Crippen molar-refractivity contribution in [3.05, 3.63) is 21.3 Å². The van der Waals surface area contributed by atoms with E-state index in [-0.39, 0.29) is 12.5 Å². The van der Waals surface area contributed by atoms with Crippen LogP contribution < -0.4 is 10.6 Å². The Morgan fingerprint density at radius 1 is 1.24 bits per heavy atom. The number of hydrogen-bond donors (Lipinski definition) is 2. The van der Waals surface area contributed by atoms with Crippen molar-refractivity contribution in [3.8, 4) is 0 Å². The molecule has 21 heavy (non-hydrogen) atoms. The lowest BCUT2D eigenvalue weighted by molar-refractivity contribution is -0.121. The number of nitrogens with one attached hydrogen (secondary N) is 2. The van der Waals surface area contributed by atoms with Gasteiger partial charge in [0, 0.05) is 44.6 Å². The van der Waals surface area contributed by atoms with Gasteiger partial charge in [-0.25, -0.2) is 4.79 Å². The maximum atomic E-state index is 11.6. The monoisotopic (exact) mass is 330 g/mol. The third-order valence-corrected chi connectivity index (χ3v) is 4.54. The van der Waals surface area contributed by atoms with Crippen LogP contribution in [-0.2, 0) is 11.3 Å². The van der Waals surface area contributed by atoms with Crippen LogP contribution in [0.3, 0.4) is 0 Å². The van der Waals surface area contributed by atoms with Crippen LogP contribution in [0.1, 0.15) is 4.88 Å². The van der Waals surface area contributed by atoms with E-state index in [4.69, 9.17) is 11.6 Å². The minimum atomic E-state index is -0.465. The molecule has 2 heterocycles. The second-order valence-electron chi connectivity index (χ2n) is 4.89. The fourth-order valence-electron chi connectivity index (χ4n) is 2.19. The van der Waals surface area contributed by atoms with E-state index < -0.39 is 6.03 Å². The van der Waals surface area contributed by atoms with Crippen molar-refractivity contribution < 1.29 is 9.59 Å². The van der Waals surface area contributed by atoms with Crippen molar-refractivity contribution in [2.45, 2.75) is 6.54 Å². The number of carbonyl (C=O) groups is 2. The summed E-state index contributed by atoms with van der Waals surface area (Å²) >= 11 is 7.53. The van der Waals surface area contributed by atoms with E-state index in [0.29, 0.717) is 0 Å². The largest absolute Gasteiger partial charge is 0.341 e. The fourth-order valence-corrected chi connectivity index (χ4v) is 3.32. The van der Waals surface area contributed by atoms with Crippen molar-refractivity contribution in [3.63, 3.8) is 0 Å². The molecule has 0 spiro atoms. The Bertz CT molecular complexity index is 500. The lowest BCUT2D eigenvalue weighted by Crippen LogP contribution is -2.50. The van der Waals surface area contributed by atoms with Gasteiger partial charge >= 0.3 is 6.03 Å². The van der Waals surface area contributed by atoms with Crippen molar-refractivity contribution >= 4 is 34.9 Å². The van der Waals surface area contributed by atoms with Gasteiger partial charge in [-0.15, -0.1) is 11.3 Å². The summed E-state index contributed by atoms with van der Waals surface area (Å²) in [6, 6.07) is 3.50. The van der Waals surface area contributed by atoms with Gasteiger partial charge in [-0.2, -0.15) is 0 Å². The number of thiophene rings is 1. The molecule has 0 aromatic carbocycles. The van der Waals surface area contributed by atoms with Crippen molar-refractivity contribution in [2.75, 3.05) is 39.8 Å². The quantitative estimate of drug-likeness (QED) is 0.863. The van der Waals surface area contributed by atoms with Crippen LogP contribution in [0, 0.1) is 0 Å². The fraction of sp³-hybridized carbons (Fsp3) is 0.538. The van der Waals surface area contributed by atoms with Crippen molar-refractivity contribution in [1.29, 1.82) is 0 Å². The second kappa shape index (κ2) is 7.74. The predicted octanol–water partition coefficient (Wildman–Crippen LogP) is 0.975. The molecule has 1 aromatic heterocycles. The van der Waals surface area contributed by atoms with Gasteiger partial charge in [-0.05, 0) is 12.1 Å². The first kappa shape index (κ1) is 16.2. The molecule has 2 rings (SSSR count). The van der Waals surface area contributed by atoms with Gasteiger partial charge in [-0.1, -0.05) is 11.6 Å². The highest BCUT2D eigenvalue weighted by Gasteiger charge is 2.20. The van der Waals surface area contributed by atoms with Crippen LogP contribution in [0.25, 0.3) is 0 Å². The van der Waals surface area contributed by atoms with Crippen LogP contribution in [0.2, 0.25) is 4.34 Å². The van der Waals surface area contributed by atoms with E-state index in [1.807, 2.05) is 6.07 Å². The molecule has 116 valence electrons. The van der Waals surface area contributed by atoms with E-state index in [1.165, 1.54) is 11.9 Å². The summed E-state index contributed by atoms with van der Waals surface area (Å²) in [7, 11) is 1.48. The molecule has 1 fully saturated rings. The van der Waals surface area contributed by atoms with E-state index >= 15 is 0 Å². The third kappa shape index (κ3) is 5.28. The first-order valence-corrected chi connectivity index (χ1v) is 7.97. The lowest BCUT2D eigenvalue weighted by atomic mass is 10.3. The predicted molar refractivity (Wildman–Crippen MR) is 83.6 cm³/mol. The number of piperazine rings is 1. The summed E-state index contributed by atoms with van der Waals surface area (Å²) in [4.78, 5) is 28.3. The van der Waals surface area contributed by atoms with Crippen molar-refractivity contribution in [2.24, 2.45) is 0 Å². The Labute approximate surface area is 133 Å². The van der Waals surface area contributed by atoms with Gasteiger partial charge in [0.15, 0.2) is 0 Å². The molecule has 8 heteroatoms. The number of rotatable bonds is 4. The molecule has 0 unspecified atom stereocenters. The second-order valence-corrected chi connectivity index (χ2v) is 6.69. The number of imide groups is 1. The SMILES string of the molecule is CNC(=O)NC(=O)CN1CCN(Cc2ccc(Cl)s2)CC1. The van der Waals surface area contributed by atoms with E-state index in [1.54, 1.807) is 11.3 Å². The minimum Gasteiger partial charge on any atom is -0.341 e. The number of urea groups is 1. The summed E-state index contributed by atoms with van der Waals surface area (Å²) in [6.45, 7) is 4.61. The maximum absolute atomic E-state index is 11.6. The summed E-state index contributed by atoms with van der Waals surface area (Å²) in [5, 5.41) is 4.64. The lowest BCUT2D eigenvalue weighted by Gasteiger charge is -2.33. The van der Waals surface area contributed by atoms with Crippen LogP contribution in [0.4, 0.5) is 4.79 Å². The number of amides is 3. The zero-order valence-corrected chi connectivity index (χ0v) is 13.5. The van der Waals surface area contributed by atoms with Gasteiger partial charge in [-0.3, -0.25) is 19.9 Å². The topological polar surface area (TPSA) is 64.7 Å². The minimum absolute atomic E-state index is 0.256. The molecule has 1 saturated heterocycles. The summed E-state index contributed by atoms with van der Waals surface area (Å²) < 4.78 is 0.814. The molecule has 2 N–H and O–H groups in total. The third-order valence-electron chi connectivity index (χ3n) is 3.32. The Hall–Kier alpha value is -1.15. The summed E-state index contributed by atoms with van der Waals surface area (Å²) in [5.74, 6) is -0.271. The van der Waals surface area contributed by atoms with Gasteiger partial charge in [0.25, 0.3) is 0 Å². The number of halogens is 1. The molecule has 0 radical (unpaired) electrons. The van der Waals surface area contributed by atoms with Crippen LogP contribution in [-0.4, -0.2) is 61.5 Å². The molecule has 0 saturated carbocycles. The molecule has 1 aliphatic heterocycles. The van der Waals surface area contributed by atoms with Crippen LogP contribution in [0.15, 0.2) is 12.1 Å². The number of hydrogen-bond acceptors (Lipinski definition) is 5. The standard InChI is InChI=1S/C13H19ClN4O2S/c1-15-13(20)16-12(19)9-18-6-4-17(5-7-18)8-10-2-3-11(14)21-10/h2-3H,4-9H2,1H3,(H2,15,16,19,20). The van der Waals surface area contributed by atoms with Gasteiger partial charge in [0.2, 0.25) is 5.91 Å². The van der Waals surface area contributed by atoms with E-state index in [9.17, 15) is 9.59 Å². The van der Waals surface area contributed by atoms with Crippen LogP contribution >= 0.6 is 22.9 Å². The Kier molecular flexibility index (Phi) is 5.98. The maximum Gasteiger partial charge on any atom is 0.321 e. The van der Waals surface area contributed by atoms with Gasteiger partial charge in [0.1, 0.15) is 0 Å². The highest BCUT2D eigenvalue weighted by molar-refractivity contribution is 7.16. The first-order chi connectivity index (χ1) is 10.1. The zero-order chi connectivity index (χ0) is 15.2. The zero-order valence-electron chi connectivity index (χ0n) is 11.9. The highest BCUT2D eigenvalue weighted by atomic mass is 35.5.